The molecule has 3 heteroatoms. The molecule has 0 aromatic rings. The van der Waals surface area contributed by atoms with Gasteiger partial charge in [-0.3, -0.25) is 0 Å². The summed E-state index contributed by atoms with van der Waals surface area (Å²) >= 11 is -2.00. The first-order valence-corrected chi connectivity index (χ1v) is 21.4. The standard InChI is InChI=1S/C9H19OSi.3C4H9.Sn/c1-7-8-10-11(5,6)9(2,3)4;3*1-3-4-2;/h7-8H,1H2,2-6H3;3*1,3-4H2,2H3;/b8-7-;;;;. The third-order valence-electron chi connectivity index (χ3n) is 6.00. The molecule has 0 spiro atoms. The Labute approximate surface area is 159 Å². The maximum atomic E-state index is 6.29. The van der Waals surface area contributed by atoms with Gasteiger partial charge >= 0.3 is 159 Å². The summed E-state index contributed by atoms with van der Waals surface area (Å²) in [6.07, 6.45) is 13.0. The number of allylic oxidation sites excluding steroid dienone is 1. The first-order valence-electron chi connectivity index (χ1n) is 10.5. The van der Waals surface area contributed by atoms with Gasteiger partial charge in [-0.2, -0.15) is 0 Å². The summed E-state index contributed by atoms with van der Waals surface area (Å²) in [4.78, 5) is 0. The van der Waals surface area contributed by atoms with E-state index in [1.54, 1.807) is 13.3 Å². The third kappa shape index (κ3) is 9.31. The van der Waals surface area contributed by atoms with E-state index >= 15 is 0 Å². The average Bonchev–Trinajstić information content (AvgIpc) is 2.51. The van der Waals surface area contributed by atoms with Gasteiger partial charge < -0.3 is 0 Å². The van der Waals surface area contributed by atoms with Crippen LogP contribution in [0, 0.1) is 0 Å². The molecule has 0 bridgehead atoms. The number of hydrogen-bond acceptors (Lipinski definition) is 1. The Bertz CT molecular complexity index is 322. The van der Waals surface area contributed by atoms with Crippen molar-refractivity contribution in [2.75, 3.05) is 0 Å². The average molecular weight is 461 g/mol. The van der Waals surface area contributed by atoms with Crippen molar-refractivity contribution >= 4 is 26.7 Å². The Kier molecular flexibility index (Phi) is 12.3. The van der Waals surface area contributed by atoms with Gasteiger partial charge in [0.15, 0.2) is 0 Å². The molecule has 0 saturated carbocycles. The number of unbranched alkanes of at least 4 members (excludes halogenated alkanes) is 3. The van der Waals surface area contributed by atoms with Gasteiger partial charge in [0.25, 0.3) is 0 Å². The Morgan fingerprint density at radius 3 is 1.58 bits per heavy atom. The van der Waals surface area contributed by atoms with Crippen molar-refractivity contribution in [1.29, 1.82) is 0 Å². The summed E-state index contributed by atoms with van der Waals surface area (Å²) in [5, 5.41) is 0.296. The van der Waals surface area contributed by atoms with Gasteiger partial charge in [0.1, 0.15) is 0 Å². The molecule has 144 valence electrons. The second-order valence-electron chi connectivity index (χ2n) is 9.26. The van der Waals surface area contributed by atoms with Crippen LogP contribution in [0.1, 0.15) is 80.1 Å². The van der Waals surface area contributed by atoms with Crippen molar-refractivity contribution in [1.82, 2.24) is 0 Å². The molecule has 0 N–H and O–H groups in total. The third-order valence-corrected chi connectivity index (χ3v) is 25.6. The van der Waals surface area contributed by atoms with Crippen LogP contribution in [0.3, 0.4) is 0 Å². The van der Waals surface area contributed by atoms with Gasteiger partial charge in [-0.1, -0.05) is 0 Å². The molecular formula is C21H46OSiSn. The molecule has 1 nitrogen and oxygen atoms in total. The van der Waals surface area contributed by atoms with Crippen LogP contribution in [0.25, 0.3) is 0 Å². The monoisotopic (exact) mass is 462 g/mol. The molecule has 0 radical (unpaired) electrons. The molecule has 24 heavy (non-hydrogen) atoms. The van der Waals surface area contributed by atoms with Crippen molar-refractivity contribution in [3.63, 3.8) is 0 Å². The van der Waals surface area contributed by atoms with Crippen LogP contribution in [-0.4, -0.2) is 26.7 Å². The molecule has 0 aliphatic rings. The topological polar surface area (TPSA) is 9.23 Å². The minimum absolute atomic E-state index is 0.296. The van der Waals surface area contributed by atoms with Crippen LogP contribution in [-0.2, 0) is 4.43 Å². The zero-order valence-corrected chi connectivity index (χ0v) is 22.0. The normalized spacial score (nSPS) is 13.7. The summed E-state index contributed by atoms with van der Waals surface area (Å²) in [5.41, 5.74) is 0. The number of hydrogen-bond donors (Lipinski definition) is 0. The minimum atomic E-state index is -2.00. The first-order chi connectivity index (χ1) is 11.1. The zero-order chi connectivity index (χ0) is 18.7. The van der Waals surface area contributed by atoms with Gasteiger partial charge in [0, 0.05) is 0 Å². The van der Waals surface area contributed by atoms with Crippen molar-refractivity contribution in [2.45, 2.75) is 116 Å². The van der Waals surface area contributed by atoms with Crippen molar-refractivity contribution < 1.29 is 4.43 Å². The van der Waals surface area contributed by atoms with Crippen LogP contribution >= 0.6 is 0 Å². The fraction of sp³-hybridized carbons (Fsp3) is 0.905. The van der Waals surface area contributed by atoms with Gasteiger partial charge in [-0.15, -0.1) is 0 Å². The molecule has 0 aromatic heterocycles. The van der Waals surface area contributed by atoms with Crippen LogP contribution < -0.4 is 0 Å². The van der Waals surface area contributed by atoms with E-state index in [0.717, 1.165) is 0 Å². The predicted octanol–water partition coefficient (Wildman–Crippen LogP) is 8.37. The van der Waals surface area contributed by atoms with Gasteiger partial charge in [-0.25, -0.2) is 0 Å². The molecule has 0 heterocycles. The van der Waals surface area contributed by atoms with Crippen LogP contribution in [0.5, 0.6) is 0 Å². The van der Waals surface area contributed by atoms with E-state index in [-0.39, 0.29) is 0 Å². The zero-order valence-electron chi connectivity index (χ0n) is 18.1. The molecule has 0 aliphatic carbocycles. The molecule has 0 unspecified atom stereocenters. The molecular weight excluding hydrogens is 415 g/mol. The summed E-state index contributed by atoms with van der Waals surface area (Å²) in [7, 11) is -1.64. The summed E-state index contributed by atoms with van der Waals surface area (Å²) in [6, 6.07) is 0. The fourth-order valence-electron chi connectivity index (χ4n) is 3.03. The van der Waals surface area contributed by atoms with E-state index in [0.29, 0.717) is 5.04 Å². The van der Waals surface area contributed by atoms with Gasteiger partial charge in [-0.05, 0) is 0 Å². The van der Waals surface area contributed by atoms with E-state index < -0.39 is 26.7 Å². The second-order valence-corrected chi connectivity index (χ2v) is 28.0. The molecule has 0 atom stereocenters. The quantitative estimate of drug-likeness (QED) is 0.198. The summed E-state index contributed by atoms with van der Waals surface area (Å²) < 4.78 is 12.5. The Hall–Kier alpha value is 0.556. The van der Waals surface area contributed by atoms with Gasteiger partial charge in [0.2, 0.25) is 0 Å². The Morgan fingerprint density at radius 2 is 1.25 bits per heavy atom. The number of rotatable bonds is 13. The Balaban J connectivity index is 4.91. The first kappa shape index (κ1) is 24.6. The molecule has 0 fully saturated rings. The predicted molar refractivity (Wildman–Crippen MR) is 117 cm³/mol. The van der Waals surface area contributed by atoms with Crippen molar-refractivity contribution in [3.8, 4) is 0 Å². The molecule has 0 aliphatic heterocycles. The van der Waals surface area contributed by atoms with Crippen LogP contribution in [0.15, 0.2) is 12.3 Å². The van der Waals surface area contributed by atoms with E-state index in [1.165, 1.54) is 43.0 Å². The molecule has 0 rings (SSSR count). The van der Waals surface area contributed by atoms with Gasteiger partial charge in [0.05, 0.1) is 0 Å². The van der Waals surface area contributed by atoms with Crippen molar-refractivity contribution in [2.24, 2.45) is 0 Å². The maximum absolute atomic E-state index is 6.29. The van der Waals surface area contributed by atoms with E-state index in [1.807, 2.05) is 0 Å². The molecule has 0 aromatic carbocycles. The SMILES string of the molecule is CCC[CH2][Sn]([CH2]/C=C\O[Si](C)(C)C(C)(C)C)([CH2]CCC)[CH2]CCC. The Morgan fingerprint density at radius 1 is 0.833 bits per heavy atom. The van der Waals surface area contributed by atoms with E-state index in [2.05, 4.69) is 67.0 Å². The fourth-order valence-corrected chi connectivity index (χ4v) is 18.9. The van der Waals surface area contributed by atoms with Crippen molar-refractivity contribution in [3.05, 3.63) is 12.3 Å². The summed E-state index contributed by atoms with van der Waals surface area (Å²) in [6.45, 7) is 18.7. The van der Waals surface area contributed by atoms with E-state index in [4.69, 9.17) is 4.43 Å². The molecule has 0 amide bonds. The van der Waals surface area contributed by atoms with E-state index in [9.17, 15) is 0 Å². The molecule has 0 saturated heterocycles. The van der Waals surface area contributed by atoms with Crippen LogP contribution in [0.2, 0.25) is 35.9 Å². The van der Waals surface area contributed by atoms with Crippen LogP contribution in [0.4, 0.5) is 0 Å². The second kappa shape index (κ2) is 12.0. The summed E-state index contributed by atoms with van der Waals surface area (Å²) in [5.74, 6) is 0.